The maximum atomic E-state index is 12.7. The lowest BCUT2D eigenvalue weighted by atomic mass is 10.0. The van der Waals surface area contributed by atoms with Crippen LogP contribution in [0.25, 0.3) is 0 Å². The van der Waals surface area contributed by atoms with Crippen molar-refractivity contribution < 1.29 is 19.3 Å². The Labute approximate surface area is 169 Å². The molecule has 8 heteroatoms. The Balaban J connectivity index is 2.10. The monoisotopic (exact) mass is 403 g/mol. The van der Waals surface area contributed by atoms with Crippen molar-refractivity contribution in [3.8, 4) is 0 Å². The van der Waals surface area contributed by atoms with Gasteiger partial charge in [-0.2, -0.15) is 0 Å². The molecule has 0 saturated carbocycles. The van der Waals surface area contributed by atoms with Gasteiger partial charge in [0.05, 0.1) is 7.05 Å². The third-order valence-corrected chi connectivity index (χ3v) is 4.28. The Bertz CT molecular complexity index is 812. The van der Waals surface area contributed by atoms with Gasteiger partial charge >= 0.3 is 6.03 Å². The maximum Gasteiger partial charge on any atom is 0.321 e. The van der Waals surface area contributed by atoms with Crippen LogP contribution in [0.2, 0.25) is 5.02 Å². The molecule has 0 aromatic heterocycles. The lowest BCUT2D eigenvalue weighted by Gasteiger charge is -2.24. The van der Waals surface area contributed by atoms with Gasteiger partial charge in [0.2, 0.25) is 0 Å². The second-order valence-corrected chi connectivity index (χ2v) is 6.71. The lowest BCUT2D eigenvalue weighted by Crippen LogP contribution is -3.11. The van der Waals surface area contributed by atoms with E-state index in [4.69, 9.17) is 11.6 Å². The average molecular weight is 404 g/mol. The topological polar surface area (TPSA) is 91.7 Å². The molecule has 4 N–H and O–H groups in total. The Morgan fingerprint density at radius 2 is 1.68 bits per heavy atom. The molecular weight excluding hydrogens is 380 g/mol. The third-order valence-electron chi connectivity index (χ3n) is 4.03. The Hall–Kier alpha value is -2.90. The summed E-state index contributed by atoms with van der Waals surface area (Å²) < 4.78 is 0. The number of likely N-dealkylation sites (N-methyl/N-ethyl adjacent to an activating group) is 1. The van der Waals surface area contributed by atoms with Gasteiger partial charge in [0.25, 0.3) is 11.8 Å². The van der Waals surface area contributed by atoms with Crippen molar-refractivity contribution in [1.82, 2.24) is 10.6 Å². The van der Waals surface area contributed by atoms with Crippen molar-refractivity contribution >= 4 is 35.1 Å². The van der Waals surface area contributed by atoms with Gasteiger partial charge in [-0.05, 0) is 31.2 Å². The second-order valence-electron chi connectivity index (χ2n) is 6.27. The minimum atomic E-state index is -0.722. The fraction of sp³-hybridized carbons (Fsp3) is 0.250. The predicted octanol–water partition coefficient (Wildman–Crippen LogP) is 1.38. The van der Waals surface area contributed by atoms with Crippen LogP contribution in [-0.2, 0) is 9.59 Å². The van der Waals surface area contributed by atoms with Gasteiger partial charge in [-0.3, -0.25) is 14.9 Å². The van der Waals surface area contributed by atoms with Gasteiger partial charge in [-0.25, -0.2) is 4.79 Å². The minimum Gasteiger partial charge on any atom is -0.338 e. The molecule has 0 aliphatic carbocycles. The van der Waals surface area contributed by atoms with Crippen molar-refractivity contribution in [3.63, 3.8) is 0 Å². The van der Waals surface area contributed by atoms with E-state index in [2.05, 4.69) is 16.0 Å². The number of nitrogens with one attached hydrogen (secondary N) is 4. The number of anilines is 1. The number of hydrogen-bond donors (Lipinski definition) is 4. The molecule has 148 valence electrons. The highest BCUT2D eigenvalue weighted by molar-refractivity contribution is 6.30. The molecule has 0 aliphatic heterocycles. The number of imide groups is 1. The highest BCUT2D eigenvalue weighted by atomic mass is 35.5. The molecule has 0 heterocycles. The van der Waals surface area contributed by atoms with Gasteiger partial charge in [-0.1, -0.05) is 41.9 Å². The van der Waals surface area contributed by atoms with E-state index >= 15 is 0 Å². The van der Waals surface area contributed by atoms with Crippen LogP contribution in [0, 0.1) is 0 Å². The number of urea groups is 1. The number of carbonyl (C=O) groups excluding carboxylic acids is 3. The number of hydrogen-bond acceptors (Lipinski definition) is 3. The van der Waals surface area contributed by atoms with Crippen LogP contribution < -0.4 is 20.9 Å². The maximum absolute atomic E-state index is 12.7. The molecule has 0 fully saturated rings. The molecule has 1 unspecified atom stereocenters. The summed E-state index contributed by atoms with van der Waals surface area (Å²) in [5.74, 6) is -0.736. The summed E-state index contributed by atoms with van der Waals surface area (Å²) in [5, 5.41) is 8.22. The van der Waals surface area contributed by atoms with Crippen LogP contribution in [0.3, 0.4) is 0 Å². The fourth-order valence-electron chi connectivity index (χ4n) is 2.79. The quantitative estimate of drug-likeness (QED) is 0.563. The normalized spacial score (nSPS) is 12.5. The SMILES string of the molecule is CCNC(=O)NC(=O)[C@H](c1ccccc1)[NH+](C)CC(=O)Nc1ccc(Cl)cc1. The van der Waals surface area contributed by atoms with Crippen LogP contribution in [0.1, 0.15) is 18.5 Å². The molecule has 28 heavy (non-hydrogen) atoms. The summed E-state index contributed by atoms with van der Waals surface area (Å²) in [4.78, 5) is 37.5. The highest BCUT2D eigenvalue weighted by Crippen LogP contribution is 2.13. The molecule has 2 rings (SSSR count). The molecule has 2 aromatic carbocycles. The summed E-state index contributed by atoms with van der Waals surface area (Å²) in [6.07, 6.45) is 0. The zero-order valence-corrected chi connectivity index (χ0v) is 16.5. The molecule has 0 spiro atoms. The predicted molar refractivity (Wildman–Crippen MR) is 108 cm³/mol. The standard InChI is InChI=1S/C20H23ClN4O3/c1-3-22-20(28)24-19(27)18(14-7-5-4-6-8-14)25(2)13-17(26)23-16-11-9-15(21)10-12-16/h4-12,18H,3,13H2,1-2H3,(H,23,26)(H2,22,24,27,28)/p+1/t18-/m0/s1. The van der Waals surface area contributed by atoms with E-state index in [9.17, 15) is 14.4 Å². The fourth-order valence-corrected chi connectivity index (χ4v) is 2.91. The first kappa shape index (κ1) is 21.4. The van der Waals surface area contributed by atoms with E-state index in [1.165, 1.54) is 0 Å². The third kappa shape index (κ3) is 6.37. The Morgan fingerprint density at radius 3 is 2.29 bits per heavy atom. The van der Waals surface area contributed by atoms with Crippen LogP contribution >= 0.6 is 11.6 Å². The molecule has 2 aromatic rings. The first-order chi connectivity index (χ1) is 13.4. The average Bonchev–Trinajstić information content (AvgIpc) is 2.64. The first-order valence-electron chi connectivity index (χ1n) is 8.92. The zero-order valence-electron chi connectivity index (χ0n) is 15.8. The van der Waals surface area contributed by atoms with Gasteiger partial charge in [-0.15, -0.1) is 0 Å². The van der Waals surface area contributed by atoms with Crippen molar-refractivity contribution in [1.29, 1.82) is 0 Å². The summed E-state index contributed by atoms with van der Waals surface area (Å²) in [5.41, 5.74) is 1.33. The van der Waals surface area contributed by atoms with E-state index in [0.717, 1.165) is 0 Å². The number of carbonyl (C=O) groups is 3. The molecule has 4 amide bonds. The number of benzene rings is 2. The van der Waals surface area contributed by atoms with Gasteiger partial charge < -0.3 is 15.5 Å². The molecule has 0 bridgehead atoms. The van der Waals surface area contributed by atoms with E-state index in [-0.39, 0.29) is 12.5 Å². The van der Waals surface area contributed by atoms with E-state index in [1.54, 1.807) is 50.4 Å². The molecule has 0 radical (unpaired) electrons. The van der Waals surface area contributed by atoms with Crippen molar-refractivity contribution in [2.24, 2.45) is 0 Å². The largest absolute Gasteiger partial charge is 0.338 e. The molecular formula is C20H24ClN4O3+. The first-order valence-corrected chi connectivity index (χ1v) is 9.30. The van der Waals surface area contributed by atoms with Crippen molar-refractivity contribution in [3.05, 3.63) is 65.2 Å². The Morgan fingerprint density at radius 1 is 1.04 bits per heavy atom. The summed E-state index contributed by atoms with van der Waals surface area (Å²) in [7, 11) is 1.73. The lowest BCUT2D eigenvalue weighted by molar-refractivity contribution is -0.894. The number of amides is 4. The van der Waals surface area contributed by atoms with Crippen molar-refractivity contribution in [2.45, 2.75) is 13.0 Å². The van der Waals surface area contributed by atoms with Crippen LogP contribution in [0.15, 0.2) is 54.6 Å². The Kier molecular flexibility index (Phi) is 7.98. The summed E-state index contributed by atoms with van der Waals surface area (Å²) in [6.45, 7) is 2.20. The number of rotatable bonds is 7. The van der Waals surface area contributed by atoms with E-state index in [1.807, 2.05) is 18.2 Å². The van der Waals surface area contributed by atoms with Gasteiger partial charge in [0, 0.05) is 22.8 Å². The molecule has 2 atom stereocenters. The summed E-state index contributed by atoms with van der Waals surface area (Å²) in [6, 6.07) is 14.5. The number of halogens is 1. The second kappa shape index (κ2) is 10.4. The van der Waals surface area contributed by atoms with Crippen molar-refractivity contribution in [2.75, 3.05) is 25.5 Å². The summed E-state index contributed by atoms with van der Waals surface area (Å²) >= 11 is 5.85. The smallest absolute Gasteiger partial charge is 0.321 e. The zero-order chi connectivity index (χ0) is 20.5. The van der Waals surface area contributed by atoms with Gasteiger partial charge in [0.1, 0.15) is 0 Å². The van der Waals surface area contributed by atoms with E-state index < -0.39 is 18.0 Å². The minimum absolute atomic E-state index is 0.0327. The molecule has 0 saturated heterocycles. The molecule has 7 nitrogen and oxygen atoms in total. The molecule has 0 aliphatic rings. The van der Waals surface area contributed by atoms with Crippen LogP contribution in [0.5, 0.6) is 0 Å². The van der Waals surface area contributed by atoms with Crippen LogP contribution in [-0.4, -0.2) is 38.0 Å². The number of quaternary nitrogens is 1. The van der Waals surface area contributed by atoms with E-state index in [0.29, 0.717) is 27.7 Å². The highest BCUT2D eigenvalue weighted by Gasteiger charge is 2.31. The van der Waals surface area contributed by atoms with Crippen LogP contribution in [0.4, 0.5) is 10.5 Å². The van der Waals surface area contributed by atoms with Gasteiger partial charge in [0.15, 0.2) is 12.6 Å².